The zero-order chi connectivity index (χ0) is 18.8. The maximum Gasteiger partial charge on any atom is 0.189 e. The van der Waals surface area contributed by atoms with Gasteiger partial charge in [0.2, 0.25) is 0 Å². The average Bonchev–Trinajstić information content (AvgIpc) is 3.10. The molecule has 0 spiro atoms. The van der Waals surface area contributed by atoms with Crippen molar-refractivity contribution in [2.24, 2.45) is 0 Å². The van der Waals surface area contributed by atoms with Crippen LogP contribution < -0.4 is 0 Å². The van der Waals surface area contributed by atoms with Gasteiger partial charge in [-0.05, 0) is 24.1 Å². The molecule has 0 aliphatic heterocycles. The number of nitrogens with zero attached hydrogens (tertiary/aromatic N) is 2. The molecular weight excluding hydrogens is 387 g/mol. The zero-order valence-electron chi connectivity index (χ0n) is 15.2. The van der Waals surface area contributed by atoms with Crippen LogP contribution in [0.25, 0.3) is 0 Å². The molecule has 0 bridgehead atoms. The summed E-state index contributed by atoms with van der Waals surface area (Å²) in [6.45, 7) is 2.86. The van der Waals surface area contributed by atoms with E-state index in [9.17, 15) is 4.79 Å². The van der Waals surface area contributed by atoms with Crippen molar-refractivity contribution in [3.8, 4) is 0 Å². The smallest absolute Gasteiger partial charge is 0.189 e. The molecule has 6 heteroatoms. The molecule has 1 heterocycles. The van der Waals surface area contributed by atoms with Crippen molar-refractivity contribution >= 4 is 40.1 Å². The second-order valence-corrected chi connectivity index (χ2v) is 8.53. The third-order valence-electron chi connectivity index (χ3n) is 4.25. The Hall–Kier alpha value is -0.970. The number of carbonyl (C=O) groups is 1. The second kappa shape index (κ2) is 11.7. The molecule has 0 fully saturated rings. The van der Waals surface area contributed by atoms with E-state index in [1.165, 1.54) is 37.4 Å². The Morgan fingerprint density at radius 3 is 2.65 bits per heavy atom. The van der Waals surface area contributed by atoms with E-state index < -0.39 is 0 Å². The minimum Gasteiger partial charge on any atom is -0.336 e. The molecule has 0 aliphatic rings. The Morgan fingerprint density at radius 2 is 1.96 bits per heavy atom. The van der Waals surface area contributed by atoms with Crippen LogP contribution in [0.5, 0.6) is 0 Å². The third kappa shape index (κ3) is 7.34. The van der Waals surface area contributed by atoms with Crippen LogP contribution in [0.3, 0.4) is 0 Å². The largest absolute Gasteiger partial charge is 0.336 e. The second-order valence-electron chi connectivity index (χ2n) is 6.42. The van der Waals surface area contributed by atoms with Crippen LogP contribution in [0.4, 0.5) is 0 Å². The van der Waals surface area contributed by atoms with Crippen molar-refractivity contribution in [2.75, 3.05) is 0 Å². The minimum absolute atomic E-state index is 0.0541. The summed E-state index contributed by atoms with van der Waals surface area (Å²) in [6.07, 6.45) is 13.1. The number of hydrogen-bond donors (Lipinski definition) is 0. The van der Waals surface area contributed by atoms with Gasteiger partial charge in [-0.3, -0.25) is 4.79 Å². The molecule has 0 aliphatic carbocycles. The first-order valence-electron chi connectivity index (χ1n) is 9.20. The van der Waals surface area contributed by atoms with Gasteiger partial charge in [-0.25, -0.2) is 4.98 Å². The van der Waals surface area contributed by atoms with E-state index >= 15 is 0 Å². The molecule has 2 rings (SSSR count). The van der Waals surface area contributed by atoms with Crippen LogP contribution in [-0.2, 0) is 11.3 Å². The number of hydrogen-bond acceptors (Lipinski definition) is 3. The van der Waals surface area contributed by atoms with E-state index in [1.807, 2.05) is 22.9 Å². The van der Waals surface area contributed by atoms with Gasteiger partial charge in [-0.15, -0.1) is 0 Å². The summed E-state index contributed by atoms with van der Waals surface area (Å²) >= 11 is 13.8. The summed E-state index contributed by atoms with van der Waals surface area (Å²) in [5, 5.41) is 1.36. The van der Waals surface area contributed by atoms with E-state index in [0.29, 0.717) is 23.0 Å². The van der Waals surface area contributed by atoms with Crippen LogP contribution in [-0.4, -0.2) is 14.7 Å². The maximum absolute atomic E-state index is 12.5. The Morgan fingerprint density at radius 1 is 1.19 bits per heavy atom. The summed E-state index contributed by atoms with van der Waals surface area (Å²) in [5.41, 5.74) is 0.936. The molecule has 1 unspecified atom stereocenters. The van der Waals surface area contributed by atoms with E-state index in [4.69, 9.17) is 23.2 Å². The lowest BCUT2D eigenvalue weighted by atomic mass is 10.1. The molecule has 0 N–H and O–H groups in total. The zero-order valence-corrected chi connectivity index (χ0v) is 17.5. The van der Waals surface area contributed by atoms with Crippen molar-refractivity contribution in [2.45, 2.75) is 63.7 Å². The summed E-state index contributed by atoms with van der Waals surface area (Å²) in [5.74, 6) is 0. The van der Waals surface area contributed by atoms with Crippen molar-refractivity contribution < 1.29 is 4.79 Å². The molecule has 0 radical (unpaired) electrons. The number of rotatable bonds is 11. The van der Waals surface area contributed by atoms with Gasteiger partial charge in [0, 0.05) is 35.4 Å². The van der Waals surface area contributed by atoms with Crippen LogP contribution in [0.1, 0.15) is 62.7 Å². The molecule has 0 amide bonds. The fourth-order valence-electron chi connectivity index (χ4n) is 2.82. The Balaban J connectivity index is 1.94. The highest BCUT2D eigenvalue weighted by molar-refractivity contribution is 8.13. The number of benzene rings is 1. The third-order valence-corrected chi connectivity index (χ3v) is 5.97. The van der Waals surface area contributed by atoms with E-state index in [0.717, 1.165) is 18.4 Å². The number of imidazole rings is 1. The van der Waals surface area contributed by atoms with E-state index in [2.05, 4.69) is 11.9 Å². The standard InChI is InChI=1S/C20H26Cl2N2OS/c1-2-3-4-5-6-7-8-20(25)26-19(14-24-12-11-23-15-24)17-10-9-16(21)13-18(17)22/h9-13,15,19H,2-8,14H2,1H3. The Bertz CT molecular complexity index is 676. The van der Waals surface area contributed by atoms with Gasteiger partial charge in [-0.2, -0.15) is 0 Å². The van der Waals surface area contributed by atoms with Crippen LogP contribution in [0, 0.1) is 0 Å². The Kier molecular flexibility index (Phi) is 9.58. The van der Waals surface area contributed by atoms with Crippen molar-refractivity contribution in [1.29, 1.82) is 0 Å². The normalized spacial score (nSPS) is 12.3. The monoisotopic (exact) mass is 412 g/mol. The van der Waals surface area contributed by atoms with Crippen LogP contribution in [0.2, 0.25) is 10.0 Å². The van der Waals surface area contributed by atoms with Crippen molar-refractivity contribution in [3.63, 3.8) is 0 Å². The predicted molar refractivity (Wildman–Crippen MR) is 112 cm³/mol. The van der Waals surface area contributed by atoms with Crippen LogP contribution >= 0.6 is 35.0 Å². The number of carbonyl (C=O) groups excluding carboxylic acids is 1. The van der Waals surface area contributed by atoms with Crippen molar-refractivity contribution in [3.05, 3.63) is 52.5 Å². The van der Waals surface area contributed by atoms with Gasteiger partial charge in [0.15, 0.2) is 5.12 Å². The topological polar surface area (TPSA) is 34.9 Å². The fourth-order valence-corrected chi connectivity index (χ4v) is 4.58. The maximum atomic E-state index is 12.5. The lowest BCUT2D eigenvalue weighted by molar-refractivity contribution is -0.111. The number of halogens is 2. The molecule has 3 nitrogen and oxygen atoms in total. The lowest BCUT2D eigenvalue weighted by Crippen LogP contribution is -2.08. The van der Waals surface area contributed by atoms with Gasteiger partial charge in [0.25, 0.3) is 0 Å². The van der Waals surface area contributed by atoms with Crippen molar-refractivity contribution in [1.82, 2.24) is 9.55 Å². The minimum atomic E-state index is -0.0541. The molecule has 26 heavy (non-hydrogen) atoms. The van der Waals surface area contributed by atoms with Gasteiger partial charge in [0.1, 0.15) is 0 Å². The number of thioether (sulfide) groups is 1. The molecule has 1 atom stereocenters. The summed E-state index contributed by atoms with van der Waals surface area (Å²) in [6, 6.07) is 5.47. The molecule has 2 aromatic rings. The first-order valence-corrected chi connectivity index (χ1v) is 10.8. The number of unbranched alkanes of at least 4 members (excludes halogenated alkanes) is 5. The van der Waals surface area contributed by atoms with Gasteiger partial charge < -0.3 is 4.57 Å². The highest BCUT2D eigenvalue weighted by atomic mass is 35.5. The molecule has 142 valence electrons. The van der Waals surface area contributed by atoms with E-state index in [-0.39, 0.29) is 10.4 Å². The first kappa shape index (κ1) is 21.3. The highest BCUT2D eigenvalue weighted by Crippen LogP contribution is 2.37. The fraction of sp³-hybridized carbons (Fsp3) is 0.500. The molecule has 0 saturated heterocycles. The summed E-state index contributed by atoms with van der Waals surface area (Å²) in [4.78, 5) is 16.6. The average molecular weight is 413 g/mol. The van der Waals surface area contributed by atoms with Gasteiger partial charge in [-0.1, -0.05) is 80.1 Å². The van der Waals surface area contributed by atoms with Gasteiger partial charge in [0.05, 0.1) is 11.6 Å². The summed E-state index contributed by atoms with van der Waals surface area (Å²) in [7, 11) is 0. The van der Waals surface area contributed by atoms with E-state index in [1.54, 1.807) is 18.6 Å². The molecule has 0 saturated carbocycles. The summed E-state index contributed by atoms with van der Waals surface area (Å²) < 4.78 is 1.97. The molecule has 1 aromatic heterocycles. The molecular formula is C20H26Cl2N2OS. The van der Waals surface area contributed by atoms with Crippen LogP contribution in [0.15, 0.2) is 36.9 Å². The number of aromatic nitrogens is 2. The lowest BCUT2D eigenvalue weighted by Gasteiger charge is -2.18. The van der Waals surface area contributed by atoms with Gasteiger partial charge >= 0.3 is 0 Å². The Labute approximate surface area is 170 Å². The molecule has 1 aromatic carbocycles. The predicted octanol–water partition coefficient (Wildman–Crippen LogP) is 6.94. The first-order chi connectivity index (χ1) is 12.6. The SMILES string of the molecule is CCCCCCCCC(=O)SC(Cn1ccnc1)c1ccc(Cl)cc1Cl. The highest BCUT2D eigenvalue weighted by Gasteiger charge is 2.20. The quantitative estimate of drug-likeness (QED) is 0.374.